The Morgan fingerprint density at radius 2 is 1.80 bits per heavy atom. The van der Waals surface area contributed by atoms with Crippen LogP contribution in [0.1, 0.15) is 31.9 Å². The predicted molar refractivity (Wildman–Crippen MR) is 119 cm³/mol. The van der Waals surface area contributed by atoms with Crippen molar-refractivity contribution >= 4 is 32.8 Å². The maximum atomic E-state index is 12.1. The fraction of sp³-hybridized carbons (Fsp3) is 0.688. The lowest BCUT2D eigenvalue weighted by Crippen LogP contribution is -2.33. The molecule has 0 aromatic carbocycles. The molecule has 1 aliphatic heterocycles. The Balaban J connectivity index is 1.57. The van der Waals surface area contributed by atoms with Gasteiger partial charge < -0.3 is 36.2 Å². The number of nitrogens with one attached hydrogen (secondary N) is 1. The summed E-state index contributed by atoms with van der Waals surface area (Å²) in [5.41, 5.74) is 10.1. The fourth-order valence-corrected chi connectivity index (χ4v) is 5.47. The smallest absolute Gasteiger partial charge is 0.387 e. The van der Waals surface area contributed by atoms with Crippen molar-refractivity contribution in [2.24, 2.45) is 5.73 Å². The molecule has 2 aromatic heterocycles. The van der Waals surface area contributed by atoms with Gasteiger partial charge in [0.1, 0.15) is 18.3 Å². The van der Waals surface area contributed by atoms with Gasteiger partial charge in [0.15, 0.2) is 17.4 Å². The number of rotatable bonds is 13. The van der Waals surface area contributed by atoms with Crippen molar-refractivity contribution in [3.8, 4) is 0 Å². The van der Waals surface area contributed by atoms with E-state index >= 15 is 0 Å². The monoisotopic (exact) mass is 542 g/mol. The molecule has 1 saturated heterocycles. The van der Waals surface area contributed by atoms with E-state index in [1.54, 1.807) is 0 Å². The van der Waals surface area contributed by atoms with Gasteiger partial charge in [0, 0.05) is 0 Å². The van der Waals surface area contributed by atoms with Crippen LogP contribution in [0.4, 0.5) is 5.95 Å². The summed E-state index contributed by atoms with van der Waals surface area (Å²) in [4.78, 5) is 41.4. The highest BCUT2D eigenvalue weighted by molar-refractivity contribution is 7.61. The van der Waals surface area contributed by atoms with Crippen LogP contribution in [0, 0.1) is 0 Å². The third-order valence-corrected chi connectivity index (χ3v) is 7.66. The summed E-state index contributed by atoms with van der Waals surface area (Å²) in [6.07, 6.45) is -2.11. The minimum atomic E-state index is -5.13. The van der Waals surface area contributed by atoms with E-state index in [0.29, 0.717) is 19.4 Å². The van der Waals surface area contributed by atoms with Crippen LogP contribution in [0.25, 0.3) is 11.2 Å². The van der Waals surface area contributed by atoms with E-state index in [2.05, 4.69) is 28.3 Å². The molecular formula is C16H28N6O11P2. The first-order valence-corrected chi connectivity index (χ1v) is 13.5. The highest BCUT2D eigenvalue weighted by Crippen LogP contribution is 2.60. The third kappa shape index (κ3) is 7.15. The van der Waals surface area contributed by atoms with Crippen molar-refractivity contribution < 1.29 is 47.2 Å². The van der Waals surface area contributed by atoms with Gasteiger partial charge in [0.25, 0.3) is 5.56 Å². The van der Waals surface area contributed by atoms with Crippen molar-refractivity contribution in [3.05, 3.63) is 16.7 Å². The molecule has 0 radical (unpaired) electrons. The lowest BCUT2D eigenvalue weighted by atomic mass is 10.1. The van der Waals surface area contributed by atoms with E-state index in [1.807, 2.05) is 0 Å². The normalized spacial score (nSPS) is 26.1. The molecule has 2 aromatic rings. The summed E-state index contributed by atoms with van der Waals surface area (Å²) in [6.45, 7) is -0.490. The number of hydrogen-bond acceptors (Lipinski definition) is 13. The van der Waals surface area contributed by atoms with Crippen LogP contribution in [0.15, 0.2) is 11.1 Å². The van der Waals surface area contributed by atoms with Crippen LogP contribution in [-0.2, 0) is 27.2 Å². The molecular weight excluding hydrogens is 514 g/mol. The Morgan fingerprint density at radius 1 is 1.11 bits per heavy atom. The van der Waals surface area contributed by atoms with E-state index in [4.69, 9.17) is 16.2 Å². The van der Waals surface area contributed by atoms with Gasteiger partial charge in [-0.2, -0.15) is 9.29 Å². The Hall–Kier alpha value is -1.75. The summed E-state index contributed by atoms with van der Waals surface area (Å²) in [6, 6.07) is 0. The molecule has 198 valence electrons. The van der Waals surface area contributed by atoms with Gasteiger partial charge in [-0.1, -0.05) is 12.8 Å². The number of fused-ring (bicyclic) bond motifs is 1. The van der Waals surface area contributed by atoms with Crippen molar-refractivity contribution in [2.45, 2.75) is 50.2 Å². The standard InChI is InChI=1S/C16H28N6O11P2/c17-5-3-1-2-4-6-30-34(26,27)33-35(28,29)31-7-9-11(23)12(24)15(32-9)22-8-19-10-13(22)20-16(18)21-14(10)25/h8-9,11-12,15,23-24H,1-7,17H2,(H,26,27)(H,28,29)(H3,18,20,21,25)/t9-,11-,12-,15-/m0/s1. The molecule has 6 atom stereocenters. The fourth-order valence-electron chi connectivity index (χ4n) is 3.35. The third-order valence-electron chi connectivity index (χ3n) is 5.02. The Bertz CT molecular complexity index is 1160. The maximum absolute atomic E-state index is 12.1. The van der Waals surface area contributed by atoms with Gasteiger partial charge in [0.05, 0.1) is 19.5 Å². The number of aromatic nitrogens is 4. The number of phosphoric acid groups is 2. The predicted octanol–water partition coefficient (Wildman–Crippen LogP) is -0.909. The van der Waals surface area contributed by atoms with E-state index in [1.165, 1.54) is 0 Å². The first kappa shape index (κ1) is 27.8. The van der Waals surface area contributed by atoms with Crippen LogP contribution in [-0.4, -0.2) is 77.6 Å². The maximum Gasteiger partial charge on any atom is 0.481 e. The summed E-state index contributed by atoms with van der Waals surface area (Å²) >= 11 is 0. The van der Waals surface area contributed by atoms with Crippen LogP contribution in [0.3, 0.4) is 0 Å². The van der Waals surface area contributed by atoms with Crippen molar-refractivity contribution in [2.75, 3.05) is 25.5 Å². The number of H-pyrrole nitrogens is 1. The minimum absolute atomic E-state index is 0.0402. The number of hydrogen-bond donors (Lipinski definition) is 7. The first-order valence-electron chi connectivity index (χ1n) is 10.5. The second-order valence-electron chi connectivity index (χ2n) is 7.67. The minimum Gasteiger partial charge on any atom is -0.387 e. The van der Waals surface area contributed by atoms with Crippen molar-refractivity contribution in [1.82, 2.24) is 19.5 Å². The highest BCUT2D eigenvalue weighted by Gasteiger charge is 2.46. The largest absolute Gasteiger partial charge is 0.481 e. The lowest BCUT2D eigenvalue weighted by Gasteiger charge is -2.19. The topological polar surface area (TPSA) is 268 Å². The molecule has 2 unspecified atom stereocenters. The molecule has 19 heteroatoms. The zero-order chi connectivity index (χ0) is 25.8. The molecule has 0 spiro atoms. The van der Waals surface area contributed by atoms with Gasteiger partial charge in [-0.25, -0.2) is 14.1 Å². The van der Waals surface area contributed by atoms with Gasteiger partial charge in [-0.05, 0) is 19.4 Å². The van der Waals surface area contributed by atoms with Crippen LogP contribution >= 0.6 is 15.6 Å². The number of ether oxygens (including phenoxy) is 1. The van der Waals surface area contributed by atoms with Gasteiger partial charge >= 0.3 is 15.6 Å². The molecule has 0 amide bonds. The van der Waals surface area contributed by atoms with Crippen molar-refractivity contribution in [3.63, 3.8) is 0 Å². The molecule has 1 aliphatic rings. The van der Waals surface area contributed by atoms with Gasteiger partial charge in [0.2, 0.25) is 5.95 Å². The molecule has 0 bridgehead atoms. The number of aliphatic hydroxyl groups excluding tert-OH is 2. The highest BCUT2D eigenvalue weighted by atomic mass is 31.3. The summed E-state index contributed by atoms with van der Waals surface area (Å²) in [7, 11) is -10.1. The molecule has 3 rings (SSSR count). The SMILES string of the molecule is NCCCCCCOP(=O)(O)OP(=O)(O)OC[C@@H]1O[C@H](n2cnc3c(=O)[nH]c(N)nc32)[C@@H](O)[C@H]1O. The Labute approximate surface area is 198 Å². The zero-order valence-corrected chi connectivity index (χ0v) is 20.2. The quantitative estimate of drug-likeness (QED) is 0.119. The first-order chi connectivity index (χ1) is 16.4. The number of anilines is 1. The number of imidazole rings is 1. The second kappa shape index (κ2) is 11.5. The molecule has 35 heavy (non-hydrogen) atoms. The lowest BCUT2D eigenvalue weighted by molar-refractivity contribution is -0.0504. The second-order valence-corrected chi connectivity index (χ2v) is 10.7. The van der Waals surface area contributed by atoms with Crippen LogP contribution < -0.4 is 17.0 Å². The number of nitrogens with two attached hydrogens (primary N) is 2. The molecule has 17 nitrogen and oxygen atoms in total. The summed E-state index contributed by atoms with van der Waals surface area (Å²) in [5, 5.41) is 20.7. The Morgan fingerprint density at radius 3 is 2.51 bits per heavy atom. The average Bonchev–Trinajstić information content (AvgIpc) is 3.30. The summed E-state index contributed by atoms with van der Waals surface area (Å²) < 4.78 is 44.2. The van der Waals surface area contributed by atoms with Crippen LogP contribution in [0.5, 0.6) is 0 Å². The molecule has 3 heterocycles. The number of aliphatic hydroxyl groups is 2. The van der Waals surface area contributed by atoms with E-state index < -0.39 is 52.4 Å². The Kier molecular flexibility index (Phi) is 9.17. The number of aromatic amines is 1. The zero-order valence-electron chi connectivity index (χ0n) is 18.4. The van der Waals surface area contributed by atoms with Crippen LogP contribution in [0.2, 0.25) is 0 Å². The number of phosphoric ester groups is 2. The van der Waals surface area contributed by atoms with Gasteiger partial charge in [-0.3, -0.25) is 23.4 Å². The number of nitrogens with zero attached hydrogens (tertiary/aromatic N) is 3. The number of nitrogen functional groups attached to an aromatic ring is 1. The number of unbranched alkanes of at least 4 members (excludes halogenated alkanes) is 3. The van der Waals surface area contributed by atoms with Gasteiger partial charge in [-0.15, -0.1) is 0 Å². The van der Waals surface area contributed by atoms with E-state index in [-0.39, 0.29) is 23.7 Å². The van der Waals surface area contributed by atoms with E-state index in [0.717, 1.165) is 23.7 Å². The van der Waals surface area contributed by atoms with Crippen molar-refractivity contribution in [1.29, 1.82) is 0 Å². The molecule has 9 N–H and O–H groups in total. The summed E-state index contributed by atoms with van der Waals surface area (Å²) in [5.74, 6) is -0.221. The molecule has 1 fully saturated rings. The van der Waals surface area contributed by atoms with E-state index in [9.17, 15) is 33.9 Å². The average molecular weight is 542 g/mol. The molecule has 0 saturated carbocycles. The molecule has 0 aliphatic carbocycles.